The number of carbonyl (C=O) groups is 1. The lowest BCUT2D eigenvalue weighted by molar-refractivity contribution is -0.123. The summed E-state index contributed by atoms with van der Waals surface area (Å²) in [6.45, 7) is 2.48. The first kappa shape index (κ1) is 14.1. The number of anilines is 1. The molecule has 0 aliphatic heterocycles. The topological polar surface area (TPSA) is 58.1 Å². The van der Waals surface area contributed by atoms with Crippen LogP contribution >= 0.6 is 11.6 Å². The minimum absolute atomic E-state index is 0.0226. The fourth-order valence-corrected chi connectivity index (χ4v) is 2.16. The molecule has 1 aliphatic rings. The molecule has 1 fully saturated rings. The molecule has 0 saturated heterocycles. The maximum absolute atomic E-state index is 11.5. The van der Waals surface area contributed by atoms with Crippen molar-refractivity contribution in [3.8, 4) is 0 Å². The summed E-state index contributed by atoms with van der Waals surface area (Å²) in [4.78, 5) is 22.3. The number of nitrogens with zero attached hydrogens (tertiary/aromatic N) is 3. The molecule has 0 bridgehead atoms. The highest BCUT2D eigenvalue weighted by Gasteiger charge is 2.27. The van der Waals surface area contributed by atoms with Crippen molar-refractivity contribution in [3.05, 3.63) is 17.0 Å². The molecule has 1 aromatic heterocycles. The fraction of sp³-hybridized carbons (Fsp3) is 0.615. The lowest BCUT2D eigenvalue weighted by Crippen LogP contribution is -2.34. The number of amides is 1. The summed E-state index contributed by atoms with van der Waals surface area (Å²) in [5.74, 6) is 1.98. The first-order valence-corrected chi connectivity index (χ1v) is 6.86. The van der Waals surface area contributed by atoms with Crippen LogP contribution in [0.15, 0.2) is 6.07 Å². The summed E-state index contributed by atoms with van der Waals surface area (Å²) in [7, 11) is 3.56. The molecule has 2 rings (SSSR count). The Morgan fingerprint density at radius 2 is 2.26 bits per heavy atom. The van der Waals surface area contributed by atoms with Gasteiger partial charge in [0.2, 0.25) is 5.91 Å². The van der Waals surface area contributed by atoms with Crippen LogP contribution in [0.5, 0.6) is 0 Å². The fourth-order valence-electron chi connectivity index (χ4n) is 1.98. The van der Waals surface area contributed by atoms with Gasteiger partial charge in [0.05, 0.1) is 5.92 Å². The summed E-state index contributed by atoms with van der Waals surface area (Å²) in [6.07, 6.45) is 2.27. The maximum Gasteiger partial charge on any atom is 0.224 e. The zero-order valence-corrected chi connectivity index (χ0v) is 12.2. The van der Waals surface area contributed by atoms with Crippen molar-refractivity contribution in [3.63, 3.8) is 0 Å². The highest BCUT2D eigenvalue weighted by Crippen LogP contribution is 2.39. The van der Waals surface area contributed by atoms with Crippen LogP contribution in [0.3, 0.4) is 0 Å². The SMILES string of the molecule is CNC(=O)C(C)CN(C)c1cc(Cl)nc(C2CC2)n1. The molecule has 0 spiro atoms. The molecule has 0 radical (unpaired) electrons. The molecule has 1 aromatic rings. The van der Waals surface area contributed by atoms with Crippen molar-refractivity contribution in [1.29, 1.82) is 0 Å². The first-order valence-electron chi connectivity index (χ1n) is 6.48. The molecule has 1 saturated carbocycles. The molecule has 19 heavy (non-hydrogen) atoms. The van der Waals surface area contributed by atoms with Gasteiger partial charge in [-0.05, 0) is 12.8 Å². The van der Waals surface area contributed by atoms with Gasteiger partial charge in [0, 0.05) is 32.6 Å². The van der Waals surface area contributed by atoms with Crippen LogP contribution in [0.4, 0.5) is 5.82 Å². The summed E-state index contributed by atoms with van der Waals surface area (Å²) in [5, 5.41) is 3.11. The Balaban J connectivity index is 2.09. The predicted octanol–water partition coefficient (Wildman–Crippen LogP) is 1.83. The van der Waals surface area contributed by atoms with Crippen molar-refractivity contribution in [2.75, 3.05) is 25.5 Å². The standard InChI is InChI=1S/C13H19ClN4O/c1-8(13(19)15-2)7-18(3)11-6-10(14)16-12(17-11)9-4-5-9/h6,8-9H,4-5,7H2,1-3H3,(H,15,19). The van der Waals surface area contributed by atoms with Crippen LogP contribution in [-0.2, 0) is 4.79 Å². The molecule has 1 atom stereocenters. The summed E-state index contributed by atoms with van der Waals surface area (Å²) < 4.78 is 0. The van der Waals surface area contributed by atoms with E-state index >= 15 is 0 Å². The van der Waals surface area contributed by atoms with Crippen LogP contribution in [0, 0.1) is 5.92 Å². The third-order valence-electron chi connectivity index (χ3n) is 3.27. The Kier molecular flexibility index (Phi) is 4.24. The number of aromatic nitrogens is 2. The molecule has 5 nitrogen and oxygen atoms in total. The lowest BCUT2D eigenvalue weighted by atomic mass is 10.1. The number of rotatable bonds is 5. The molecule has 1 amide bonds. The van der Waals surface area contributed by atoms with Gasteiger partial charge in [-0.25, -0.2) is 9.97 Å². The molecule has 1 unspecified atom stereocenters. The monoisotopic (exact) mass is 282 g/mol. The van der Waals surface area contributed by atoms with E-state index in [4.69, 9.17) is 11.6 Å². The van der Waals surface area contributed by atoms with E-state index < -0.39 is 0 Å². The molecular weight excluding hydrogens is 264 g/mol. The van der Waals surface area contributed by atoms with E-state index in [0.717, 1.165) is 24.5 Å². The highest BCUT2D eigenvalue weighted by atomic mass is 35.5. The normalized spacial score (nSPS) is 16.0. The van der Waals surface area contributed by atoms with E-state index in [1.54, 1.807) is 13.1 Å². The quantitative estimate of drug-likeness (QED) is 0.837. The zero-order valence-electron chi connectivity index (χ0n) is 11.5. The van der Waals surface area contributed by atoms with Crippen LogP contribution < -0.4 is 10.2 Å². The van der Waals surface area contributed by atoms with Gasteiger partial charge < -0.3 is 10.2 Å². The van der Waals surface area contributed by atoms with Gasteiger partial charge in [-0.15, -0.1) is 0 Å². The Labute approximate surface area is 118 Å². The summed E-state index contributed by atoms with van der Waals surface area (Å²) in [6, 6.07) is 1.74. The predicted molar refractivity (Wildman–Crippen MR) is 75.5 cm³/mol. The minimum Gasteiger partial charge on any atom is -0.359 e. The van der Waals surface area contributed by atoms with Gasteiger partial charge in [-0.1, -0.05) is 18.5 Å². The molecule has 1 aliphatic carbocycles. The van der Waals surface area contributed by atoms with Crippen molar-refractivity contribution in [2.45, 2.75) is 25.7 Å². The molecule has 104 valence electrons. The van der Waals surface area contributed by atoms with E-state index in [0.29, 0.717) is 17.6 Å². The Morgan fingerprint density at radius 3 is 2.84 bits per heavy atom. The Morgan fingerprint density at radius 1 is 1.58 bits per heavy atom. The molecule has 1 heterocycles. The van der Waals surface area contributed by atoms with E-state index in [-0.39, 0.29) is 11.8 Å². The lowest BCUT2D eigenvalue weighted by Gasteiger charge is -2.22. The average Bonchev–Trinajstić information content (AvgIpc) is 3.21. The molecule has 1 N–H and O–H groups in total. The Hall–Kier alpha value is -1.36. The number of hydrogen-bond donors (Lipinski definition) is 1. The average molecular weight is 283 g/mol. The minimum atomic E-state index is -0.104. The molecule has 0 aromatic carbocycles. The van der Waals surface area contributed by atoms with Crippen molar-refractivity contribution >= 4 is 23.3 Å². The highest BCUT2D eigenvalue weighted by molar-refractivity contribution is 6.29. The second-order valence-electron chi connectivity index (χ2n) is 5.08. The van der Waals surface area contributed by atoms with Gasteiger partial charge in [0.25, 0.3) is 0 Å². The molecule has 6 heteroatoms. The maximum atomic E-state index is 11.5. The van der Waals surface area contributed by atoms with Crippen molar-refractivity contribution < 1.29 is 4.79 Å². The van der Waals surface area contributed by atoms with Crippen molar-refractivity contribution in [1.82, 2.24) is 15.3 Å². The number of carbonyl (C=O) groups excluding carboxylic acids is 1. The second kappa shape index (κ2) is 5.74. The van der Waals surface area contributed by atoms with Gasteiger partial charge >= 0.3 is 0 Å². The summed E-state index contributed by atoms with van der Waals surface area (Å²) in [5.41, 5.74) is 0. The van der Waals surface area contributed by atoms with E-state index in [1.165, 1.54) is 0 Å². The number of hydrogen-bond acceptors (Lipinski definition) is 4. The van der Waals surface area contributed by atoms with Crippen molar-refractivity contribution in [2.24, 2.45) is 5.92 Å². The van der Waals surface area contributed by atoms with Crippen LogP contribution in [0.25, 0.3) is 0 Å². The van der Waals surface area contributed by atoms with E-state index in [1.807, 2.05) is 18.9 Å². The third-order valence-corrected chi connectivity index (χ3v) is 3.47. The summed E-state index contributed by atoms with van der Waals surface area (Å²) >= 11 is 6.04. The largest absolute Gasteiger partial charge is 0.359 e. The second-order valence-corrected chi connectivity index (χ2v) is 5.46. The zero-order chi connectivity index (χ0) is 14.0. The van der Waals surface area contributed by atoms with Crippen LogP contribution in [0.2, 0.25) is 5.15 Å². The van der Waals surface area contributed by atoms with E-state index in [2.05, 4.69) is 15.3 Å². The van der Waals surface area contributed by atoms with E-state index in [9.17, 15) is 4.79 Å². The smallest absolute Gasteiger partial charge is 0.224 e. The van der Waals surface area contributed by atoms with Crippen LogP contribution in [0.1, 0.15) is 31.5 Å². The van der Waals surface area contributed by atoms with Gasteiger partial charge in [-0.3, -0.25) is 4.79 Å². The van der Waals surface area contributed by atoms with Gasteiger partial charge in [0.15, 0.2) is 0 Å². The third kappa shape index (κ3) is 3.56. The van der Waals surface area contributed by atoms with Gasteiger partial charge in [-0.2, -0.15) is 0 Å². The van der Waals surface area contributed by atoms with Crippen LogP contribution in [-0.4, -0.2) is 36.5 Å². The van der Waals surface area contributed by atoms with Gasteiger partial charge in [0.1, 0.15) is 16.8 Å². The number of halogens is 1. The number of nitrogens with one attached hydrogen (secondary N) is 1. The Bertz CT molecular complexity index is 476. The first-order chi connectivity index (χ1) is 9.01. The molecular formula is C13H19ClN4O.